The first-order chi connectivity index (χ1) is 62.3. The molecule has 10 aromatic rings. The van der Waals surface area contributed by atoms with E-state index in [0.717, 1.165) is 169 Å². The van der Waals surface area contributed by atoms with Gasteiger partial charge in [-0.25, -0.2) is 4.79 Å². The maximum absolute atomic E-state index is 14.0. The minimum Gasteiger partial charge on any atom is -0.487 e. The Balaban J connectivity index is 0.000000140. The highest BCUT2D eigenvalue weighted by Crippen LogP contribution is 2.55. The summed E-state index contributed by atoms with van der Waals surface area (Å²) in [6.45, 7) is 54.5. The largest absolute Gasteiger partial charge is 0.487 e. The van der Waals surface area contributed by atoms with E-state index < -0.39 is 18.2 Å². The molecule has 5 aromatic heterocycles. The van der Waals surface area contributed by atoms with Gasteiger partial charge in [0.25, 0.3) is 5.82 Å². The normalized spacial score (nSPS) is 18.3. The first-order valence-electron chi connectivity index (χ1n) is 45.4. The predicted molar refractivity (Wildman–Crippen MR) is 503 cm³/mol. The molecule has 5 aromatic carbocycles. The van der Waals surface area contributed by atoms with Crippen molar-refractivity contribution in [2.75, 3.05) is 77.4 Å². The van der Waals surface area contributed by atoms with Crippen LogP contribution in [0.2, 0.25) is 0 Å². The van der Waals surface area contributed by atoms with Crippen molar-refractivity contribution < 1.29 is 55.2 Å². The number of Topliss-reactive ketones (excluding diaryl/α,β-unsaturated/α-hetero) is 1. The molecule has 32 heteroatoms. The van der Waals surface area contributed by atoms with E-state index in [9.17, 15) is 27.9 Å². The molecule has 29 nitrogen and oxygen atoms in total. The number of anilines is 5. The summed E-state index contributed by atoms with van der Waals surface area (Å²) in [5.41, 5.74) is 24.4. The SMILES string of the molecule is C=CCc1cc(N=Nc2cc3c(cc2C)N(CC=C)CCC3)no1.CC(=O)c1c(N=Nc2cc3c(cc2C)N(C)CC3)noc1C.CCOc1conc1N=Nc1cc2c3c(c1C)C(CC)CC(C(F)(F)F)N3CC(CC)C2.CCc1cc(N=Nc2cc3c(cc2C)N(CC)C(C)C3(C)C)no1.Cc1onc(N=Nc2cc3c4c(c2C)CCC(C)(C)N4CC(C)(C)C3)c1C(=O)O. The molecule has 0 fully saturated rings. The number of aromatic carboxylic acids is 1. The standard InChI is InChI=1S/C23H29F3N4O2.C22H28N4O3.C19H26N4O.C19H22N4O.C16H18N4O2/c1-5-14-8-16-9-17(27-28-22-18(31-7-3)12-32-29-22)13(4)20-15(6-2)10-19(23(24,25)26)30(11-14)21(16)20;1-12-15-7-8-22(5,6)26-11-21(3,4)10-14(18(15)26)9-16(12)23-24-19-17(20(27)28)13(2)29-25-19;1-7-14-10-18(22-24-14)21-20-16-11-15-17(9-12(16)3)23(8-2)13(4)19(15,5)6;1-4-7-16-13-19(22-24-16)21-20-17-12-15-8-6-10-23(9-5-2)18(15)11-14(17)3;1-9-7-14-12(5-6-20(14)4)8-13(9)17-18-16-15(10(2)21)11(3)22-19-16/h9,12,14-15,19H,5-8,10-11H2,1-4H3;9H,7-8,10-11H2,1-6H3,(H,27,28);9-11,13H,7-8H2,1-6H3;4-5,11-13H,1-2,6-10H2,3H3;7-8H,5-6H2,1-4H3. The molecule has 0 bridgehead atoms. The molecule has 0 spiro atoms. The van der Waals surface area contributed by atoms with Crippen LogP contribution in [-0.2, 0) is 50.4 Å². The number of carboxylic acids is 1. The second kappa shape index (κ2) is 40.0. The first kappa shape index (κ1) is 95.9. The number of allylic oxidation sites excluding steroid dienone is 1. The lowest BCUT2D eigenvalue weighted by Gasteiger charge is -2.53. The van der Waals surface area contributed by atoms with E-state index >= 15 is 0 Å². The minimum absolute atomic E-state index is 0.00357. The van der Waals surface area contributed by atoms with Crippen molar-refractivity contribution in [1.29, 1.82) is 0 Å². The predicted octanol–water partition coefficient (Wildman–Crippen LogP) is 27.0. The van der Waals surface area contributed by atoms with Gasteiger partial charge in [0.1, 0.15) is 28.9 Å². The van der Waals surface area contributed by atoms with Gasteiger partial charge < -0.3 is 57.0 Å². The van der Waals surface area contributed by atoms with Crippen LogP contribution in [0.4, 0.5) is 99.1 Å². The highest BCUT2D eigenvalue weighted by molar-refractivity contribution is 5.99. The van der Waals surface area contributed by atoms with Gasteiger partial charge in [-0.1, -0.05) is 92.8 Å². The van der Waals surface area contributed by atoms with Crippen molar-refractivity contribution in [3.63, 3.8) is 0 Å². The number of aromatic nitrogens is 5. The van der Waals surface area contributed by atoms with Crippen molar-refractivity contribution in [2.24, 2.45) is 62.5 Å². The maximum atomic E-state index is 14.0. The molecular weight excluding hydrogens is 1670 g/mol. The van der Waals surface area contributed by atoms with Crippen LogP contribution >= 0.6 is 0 Å². The maximum Gasteiger partial charge on any atom is 0.408 e. The zero-order chi connectivity index (χ0) is 94.5. The average molecular weight is 1790 g/mol. The Labute approximate surface area is 764 Å². The Morgan fingerprint density at radius 1 is 0.626 bits per heavy atom. The molecule has 0 saturated heterocycles. The Morgan fingerprint density at radius 3 is 1.81 bits per heavy atom. The van der Waals surface area contributed by atoms with E-state index in [4.69, 9.17) is 27.4 Å². The minimum atomic E-state index is -4.26. The molecule has 0 saturated carbocycles. The number of ketones is 1. The number of alkyl halides is 3. The molecule has 7 aliphatic rings. The van der Waals surface area contributed by atoms with Gasteiger partial charge in [-0.05, 0) is 280 Å². The third-order valence-corrected chi connectivity index (χ3v) is 26.4. The van der Waals surface area contributed by atoms with Crippen LogP contribution in [0.15, 0.2) is 166 Å². The van der Waals surface area contributed by atoms with Crippen LogP contribution in [0.25, 0.3) is 0 Å². The first-order valence-corrected chi connectivity index (χ1v) is 45.4. The summed E-state index contributed by atoms with van der Waals surface area (Å²) in [4.78, 5) is 34.3. The number of likely N-dealkylation sites (N-methyl/N-ethyl adjacent to an activating group) is 2. The number of azo groups is 5. The van der Waals surface area contributed by atoms with E-state index in [1.165, 1.54) is 63.8 Å². The van der Waals surface area contributed by atoms with E-state index in [2.05, 4.69) is 235 Å². The molecule has 0 radical (unpaired) electrons. The lowest BCUT2D eigenvalue weighted by Crippen LogP contribution is -2.54. The van der Waals surface area contributed by atoms with E-state index in [0.29, 0.717) is 66.4 Å². The van der Waals surface area contributed by atoms with Gasteiger partial charge in [0.2, 0.25) is 29.0 Å². The molecule has 17 rings (SSSR count). The number of nitrogens with zero attached hydrogens (tertiary/aromatic N) is 20. The molecule has 0 aliphatic carbocycles. The Hall–Kier alpha value is -12.6. The van der Waals surface area contributed by atoms with Crippen molar-refractivity contribution in [3.05, 3.63) is 193 Å². The summed E-state index contributed by atoms with van der Waals surface area (Å²) in [6.07, 6.45) is 10.9. The third-order valence-electron chi connectivity index (χ3n) is 26.4. The van der Waals surface area contributed by atoms with Crippen molar-refractivity contribution >= 4 is 97.7 Å². The van der Waals surface area contributed by atoms with Gasteiger partial charge in [0, 0.05) is 117 Å². The number of ether oxygens (including phenoxy) is 1. The fourth-order valence-electron chi connectivity index (χ4n) is 18.9. The third kappa shape index (κ3) is 20.7. The summed E-state index contributed by atoms with van der Waals surface area (Å²) in [6, 6.07) is 19.6. The fourth-order valence-corrected chi connectivity index (χ4v) is 18.9. The van der Waals surface area contributed by atoms with Crippen molar-refractivity contribution in [1.82, 2.24) is 25.8 Å². The van der Waals surface area contributed by atoms with Gasteiger partial charge in [0.15, 0.2) is 23.4 Å². The summed E-state index contributed by atoms with van der Waals surface area (Å²) in [7, 11) is 2.09. The van der Waals surface area contributed by atoms with Gasteiger partial charge in [-0.3, -0.25) is 4.79 Å². The van der Waals surface area contributed by atoms with Crippen LogP contribution in [-0.4, -0.2) is 119 Å². The van der Waals surface area contributed by atoms with Gasteiger partial charge in [-0.15, -0.1) is 64.3 Å². The second-order valence-electron chi connectivity index (χ2n) is 36.9. The number of carboxylic acid groups (broad SMARTS) is 1. The van der Waals surface area contributed by atoms with Crippen LogP contribution < -0.4 is 29.2 Å². The number of hydrogen-bond acceptors (Lipinski definition) is 28. The van der Waals surface area contributed by atoms with Crippen LogP contribution in [0.1, 0.15) is 239 Å². The molecule has 12 heterocycles. The van der Waals surface area contributed by atoms with E-state index in [1.807, 2.05) is 59.8 Å². The molecule has 4 atom stereocenters. The monoisotopic (exact) mass is 1790 g/mol. The quantitative estimate of drug-likeness (QED) is 0.0374. The highest BCUT2D eigenvalue weighted by atomic mass is 19.4. The topological polar surface area (TPSA) is 334 Å². The number of aryl methyl sites for hydroxylation is 7. The molecule has 0 amide bonds. The van der Waals surface area contributed by atoms with E-state index in [-0.39, 0.29) is 69.2 Å². The number of fused-ring (bicyclic) bond motifs is 3. The lowest BCUT2D eigenvalue weighted by molar-refractivity contribution is -0.153. The van der Waals surface area contributed by atoms with Gasteiger partial charge >= 0.3 is 12.1 Å². The van der Waals surface area contributed by atoms with Gasteiger partial charge in [-0.2, -0.15) is 13.2 Å². The van der Waals surface area contributed by atoms with Crippen LogP contribution in [0.3, 0.4) is 0 Å². The smallest absolute Gasteiger partial charge is 0.408 e. The fraction of sp³-hybridized carbons (Fsp3) is 0.485. The molecule has 131 heavy (non-hydrogen) atoms. The Kier molecular flexibility index (Phi) is 29.3. The number of hydrogen-bond donors (Lipinski definition) is 1. The Morgan fingerprint density at radius 2 is 1.21 bits per heavy atom. The number of carbonyl (C=O) groups excluding carboxylic acids is 1. The summed E-state index contributed by atoms with van der Waals surface area (Å²) < 4.78 is 72.8. The number of halogens is 3. The molecule has 7 aliphatic heterocycles. The average Bonchev–Trinajstić information content (AvgIpc) is 1.52. The van der Waals surface area contributed by atoms with Crippen molar-refractivity contribution in [3.8, 4) is 5.75 Å². The number of benzene rings is 5. The summed E-state index contributed by atoms with van der Waals surface area (Å²) in [5, 5.41) is 71.4. The molecular formula is C99H123F3N20O9. The van der Waals surface area contributed by atoms with Gasteiger partial charge in [0.05, 0.1) is 35.0 Å². The number of carbonyl (C=O) groups is 2. The van der Waals surface area contributed by atoms with E-state index in [1.54, 1.807) is 30.9 Å². The van der Waals surface area contributed by atoms with Crippen molar-refractivity contribution in [2.45, 2.75) is 251 Å². The zero-order valence-electron chi connectivity index (χ0n) is 79.5. The molecule has 1 N–H and O–H groups in total. The highest BCUT2D eigenvalue weighted by Gasteiger charge is 2.51. The zero-order valence-corrected chi connectivity index (χ0v) is 79.5. The lowest BCUT2D eigenvalue weighted by atomic mass is 9.73. The Bertz CT molecular complexity index is 6040. The van der Waals surface area contributed by atoms with Crippen LogP contribution in [0, 0.1) is 59.8 Å². The number of rotatable bonds is 22. The second-order valence-corrected chi connectivity index (χ2v) is 36.9. The van der Waals surface area contributed by atoms with Crippen LogP contribution in [0.5, 0.6) is 5.75 Å². The summed E-state index contributed by atoms with van der Waals surface area (Å²) in [5.74, 6) is 2.91. The molecule has 4 unspecified atom stereocenters. The summed E-state index contributed by atoms with van der Waals surface area (Å²) >= 11 is 0. The molecule has 694 valence electrons.